The number of benzene rings is 1. The number of aryl methyl sites for hydroxylation is 1. The third-order valence-electron chi connectivity index (χ3n) is 2.62. The molecule has 0 aliphatic carbocycles. The first-order valence-corrected chi connectivity index (χ1v) is 5.38. The highest BCUT2D eigenvalue weighted by Gasteiger charge is 2.19. The van der Waals surface area contributed by atoms with Crippen LogP contribution in [-0.4, -0.2) is 22.0 Å². The van der Waals surface area contributed by atoms with Crippen LogP contribution in [0.1, 0.15) is 12.6 Å². The Labute approximate surface area is 97.0 Å². The Morgan fingerprint density at radius 1 is 1.41 bits per heavy atom. The fraction of sp³-hybridized carbons (Fsp3) is 0.333. The average Bonchev–Trinajstić information content (AvgIpc) is 2.68. The van der Waals surface area contributed by atoms with Gasteiger partial charge in [-0.05, 0) is 13.0 Å². The lowest BCUT2D eigenvalue weighted by Gasteiger charge is -1.96. The van der Waals surface area contributed by atoms with E-state index < -0.39 is 12.2 Å². The molecule has 0 N–H and O–H groups in total. The Bertz CT molecular complexity index is 548. The second kappa shape index (κ2) is 4.61. The van der Waals surface area contributed by atoms with Gasteiger partial charge in [0.05, 0.1) is 17.6 Å². The Hall–Kier alpha value is -1.78. The van der Waals surface area contributed by atoms with E-state index in [1.807, 2.05) is 19.1 Å². The summed E-state index contributed by atoms with van der Waals surface area (Å²) in [5.74, 6) is -1.09. The van der Waals surface area contributed by atoms with Crippen molar-refractivity contribution < 1.29 is 13.6 Å². The van der Waals surface area contributed by atoms with Gasteiger partial charge in [-0.2, -0.15) is 5.10 Å². The summed E-state index contributed by atoms with van der Waals surface area (Å²) >= 11 is 0. The zero-order valence-corrected chi connectivity index (χ0v) is 9.36. The molecule has 0 fully saturated rings. The van der Waals surface area contributed by atoms with Crippen LogP contribution < -0.4 is 0 Å². The summed E-state index contributed by atoms with van der Waals surface area (Å²) in [4.78, 5) is 11.1. The molecule has 0 saturated heterocycles. The minimum Gasteiger partial charge on any atom is -0.293 e. The molecule has 2 aromatic rings. The van der Waals surface area contributed by atoms with Crippen molar-refractivity contribution in [1.29, 1.82) is 0 Å². The number of para-hydroxylation sites is 1. The lowest BCUT2D eigenvalue weighted by atomic mass is 10.1. The number of nitrogens with zero attached hydrogens (tertiary/aromatic N) is 2. The molecule has 1 aromatic heterocycles. The zero-order valence-electron chi connectivity index (χ0n) is 9.36. The molecule has 0 amide bonds. The maximum absolute atomic E-state index is 12.2. The second-order valence-corrected chi connectivity index (χ2v) is 3.72. The number of carbonyl (C=O) groups excluding carboxylic acids is 1. The van der Waals surface area contributed by atoms with Crippen LogP contribution in [0, 0.1) is 0 Å². The summed E-state index contributed by atoms with van der Waals surface area (Å²) in [6.07, 6.45) is -3.24. The van der Waals surface area contributed by atoms with Gasteiger partial charge in [-0.1, -0.05) is 18.2 Å². The van der Waals surface area contributed by atoms with Crippen LogP contribution in [0.4, 0.5) is 8.78 Å². The lowest BCUT2D eigenvalue weighted by molar-refractivity contribution is -0.128. The number of hydrogen-bond donors (Lipinski definition) is 0. The molecule has 17 heavy (non-hydrogen) atoms. The van der Waals surface area contributed by atoms with Crippen LogP contribution in [-0.2, 0) is 17.8 Å². The third-order valence-corrected chi connectivity index (χ3v) is 2.62. The standard InChI is InChI=1S/C12H12F2N2O/c1-2-16-10-6-4-3-5-8(10)9(15-16)7-11(17)12(13)14/h3-6,12H,2,7H2,1H3. The van der Waals surface area contributed by atoms with E-state index in [4.69, 9.17) is 0 Å². The summed E-state index contributed by atoms with van der Waals surface area (Å²) in [6, 6.07) is 7.32. The molecule has 0 aliphatic rings. The van der Waals surface area contributed by atoms with E-state index in [2.05, 4.69) is 5.10 Å². The van der Waals surface area contributed by atoms with Gasteiger partial charge in [0.25, 0.3) is 6.43 Å². The van der Waals surface area contributed by atoms with Gasteiger partial charge in [0.1, 0.15) is 0 Å². The van der Waals surface area contributed by atoms with Gasteiger partial charge in [-0.3, -0.25) is 9.48 Å². The molecule has 0 spiro atoms. The van der Waals surface area contributed by atoms with Crippen molar-refractivity contribution in [1.82, 2.24) is 9.78 Å². The SMILES string of the molecule is CCn1nc(CC(=O)C(F)F)c2ccccc21. The molecule has 3 nitrogen and oxygen atoms in total. The Morgan fingerprint density at radius 2 is 2.12 bits per heavy atom. The highest BCUT2D eigenvalue weighted by molar-refractivity contribution is 5.89. The van der Waals surface area contributed by atoms with Crippen molar-refractivity contribution in [2.45, 2.75) is 26.3 Å². The predicted molar refractivity (Wildman–Crippen MR) is 60.1 cm³/mol. The van der Waals surface area contributed by atoms with Crippen molar-refractivity contribution in [3.05, 3.63) is 30.0 Å². The first-order valence-electron chi connectivity index (χ1n) is 5.38. The Balaban J connectivity index is 2.44. The van der Waals surface area contributed by atoms with Crippen LogP contribution in [0.5, 0.6) is 0 Å². The molecule has 90 valence electrons. The summed E-state index contributed by atoms with van der Waals surface area (Å²) < 4.78 is 26.1. The lowest BCUT2D eigenvalue weighted by Crippen LogP contribution is -2.13. The van der Waals surface area contributed by atoms with E-state index in [1.165, 1.54) is 0 Å². The van der Waals surface area contributed by atoms with Crippen LogP contribution >= 0.6 is 0 Å². The van der Waals surface area contributed by atoms with Gasteiger partial charge in [0.2, 0.25) is 5.78 Å². The molecular formula is C12H12F2N2O. The van der Waals surface area contributed by atoms with Crippen molar-refractivity contribution >= 4 is 16.7 Å². The molecule has 0 atom stereocenters. The number of rotatable bonds is 4. The summed E-state index contributed by atoms with van der Waals surface area (Å²) in [5, 5.41) is 4.96. The fourth-order valence-electron chi connectivity index (χ4n) is 1.81. The minimum absolute atomic E-state index is 0.314. The van der Waals surface area contributed by atoms with E-state index >= 15 is 0 Å². The highest BCUT2D eigenvalue weighted by Crippen LogP contribution is 2.19. The predicted octanol–water partition coefficient (Wildman–Crippen LogP) is 2.43. The quantitative estimate of drug-likeness (QED) is 0.820. The van der Waals surface area contributed by atoms with Gasteiger partial charge in [0.15, 0.2) is 0 Å². The van der Waals surface area contributed by atoms with Crippen LogP contribution in [0.2, 0.25) is 0 Å². The second-order valence-electron chi connectivity index (χ2n) is 3.72. The Kier molecular flexibility index (Phi) is 3.17. The number of carbonyl (C=O) groups is 1. The van der Waals surface area contributed by atoms with Crippen LogP contribution in [0.15, 0.2) is 24.3 Å². The Morgan fingerprint density at radius 3 is 2.76 bits per heavy atom. The molecule has 0 radical (unpaired) electrons. The van der Waals surface area contributed by atoms with Crippen LogP contribution in [0.25, 0.3) is 10.9 Å². The van der Waals surface area contributed by atoms with Gasteiger partial charge < -0.3 is 0 Å². The largest absolute Gasteiger partial charge is 0.296 e. The molecule has 0 bridgehead atoms. The van der Waals surface area contributed by atoms with Crippen molar-refractivity contribution in [2.75, 3.05) is 0 Å². The van der Waals surface area contributed by atoms with Crippen LogP contribution in [0.3, 0.4) is 0 Å². The number of alkyl halides is 2. The molecule has 1 aromatic carbocycles. The highest BCUT2D eigenvalue weighted by atomic mass is 19.3. The van der Waals surface area contributed by atoms with Crippen molar-refractivity contribution in [3.63, 3.8) is 0 Å². The molecule has 0 aliphatic heterocycles. The number of aromatic nitrogens is 2. The molecule has 0 saturated carbocycles. The van der Waals surface area contributed by atoms with Gasteiger partial charge in [0, 0.05) is 11.9 Å². The van der Waals surface area contributed by atoms with E-state index in [0.29, 0.717) is 12.2 Å². The normalized spacial score (nSPS) is 11.3. The smallest absolute Gasteiger partial charge is 0.293 e. The van der Waals surface area contributed by atoms with Crippen molar-refractivity contribution in [2.24, 2.45) is 0 Å². The number of Topliss-reactive ketones (excluding diaryl/α,β-unsaturated/α-hetero) is 1. The third kappa shape index (κ3) is 2.18. The van der Waals surface area contributed by atoms with E-state index in [0.717, 1.165) is 10.9 Å². The van der Waals surface area contributed by atoms with Gasteiger partial charge >= 0.3 is 0 Å². The molecule has 1 heterocycles. The number of hydrogen-bond acceptors (Lipinski definition) is 2. The first kappa shape index (κ1) is 11.7. The molecule has 0 unspecified atom stereocenters. The number of fused-ring (bicyclic) bond motifs is 1. The minimum atomic E-state index is -2.93. The topological polar surface area (TPSA) is 34.9 Å². The van der Waals surface area contributed by atoms with Gasteiger partial charge in [-0.25, -0.2) is 8.78 Å². The summed E-state index contributed by atoms with van der Waals surface area (Å²) in [5.41, 5.74) is 1.29. The monoisotopic (exact) mass is 238 g/mol. The molecule has 5 heteroatoms. The number of halogens is 2. The molecular weight excluding hydrogens is 226 g/mol. The maximum atomic E-state index is 12.2. The van der Waals surface area contributed by atoms with Gasteiger partial charge in [-0.15, -0.1) is 0 Å². The maximum Gasteiger partial charge on any atom is 0.296 e. The first-order chi connectivity index (χ1) is 8.13. The zero-order chi connectivity index (χ0) is 12.4. The van der Waals surface area contributed by atoms with E-state index in [9.17, 15) is 13.6 Å². The fourth-order valence-corrected chi connectivity index (χ4v) is 1.81. The average molecular weight is 238 g/mol. The number of ketones is 1. The summed E-state index contributed by atoms with van der Waals surface area (Å²) in [6.45, 7) is 2.56. The van der Waals surface area contributed by atoms with E-state index in [-0.39, 0.29) is 6.42 Å². The summed E-state index contributed by atoms with van der Waals surface area (Å²) in [7, 11) is 0. The molecule has 2 rings (SSSR count). The van der Waals surface area contributed by atoms with Crippen molar-refractivity contribution in [3.8, 4) is 0 Å². The van der Waals surface area contributed by atoms with E-state index in [1.54, 1.807) is 16.8 Å².